The SMILES string of the molecule is Cc1cc(NC(=O)OCc2ccccc2)ccc1-n1cccc1C(=O)O. The number of carboxylic acid groups (broad SMARTS) is 1. The first-order valence-corrected chi connectivity index (χ1v) is 8.04. The summed E-state index contributed by atoms with van der Waals surface area (Å²) in [6, 6.07) is 17.9. The van der Waals surface area contributed by atoms with Crippen molar-refractivity contribution in [1.29, 1.82) is 0 Å². The highest BCUT2D eigenvalue weighted by molar-refractivity contribution is 5.87. The lowest BCUT2D eigenvalue weighted by atomic mass is 10.1. The molecule has 6 heteroatoms. The second kappa shape index (κ2) is 7.57. The Kier molecular flexibility index (Phi) is 5.03. The third-order valence-corrected chi connectivity index (χ3v) is 3.88. The number of carboxylic acids is 1. The summed E-state index contributed by atoms with van der Waals surface area (Å²) in [5, 5.41) is 11.9. The Balaban J connectivity index is 1.68. The summed E-state index contributed by atoms with van der Waals surface area (Å²) in [7, 11) is 0. The molecule has 6 nitrogen and oxygen atoms in total. The van der Waals surface area contributed by atoms with Crippen molar-refractivity contribution in [2.75, 3.05) is 5.32 Å². The average molecular weight is 350 g/mol. The number of aromatic nitrogens is 1. The van der Waals surface area contributed by atoms with Crippen LogP contribution in [-0.2, 0) is 11.3 Å². The Morgan fingerprint density at radius 3 is 2.54 bits per heavy atom. The van der Waals surface area contributed by atoms with Crippen molar-refractivity contribution >= 4 is 17.7 Å². The molecular weight excluding hydrogens is 332 g/mol. The van der Waals surface area contributed by atoms with E-state index in [1.165, 1.54) is 6.07 Å². The van der Waals surface area contributed by atoms with Crippen LogP contribution in [-0.4, -0.2) is 21.7 Å². The molecule has 0 fully saturated rings. The van der Waals surface area contributed by atoms with Gasteiger partial charge in [-0.2, -0.15) is 0 Å². The quantitative estimate of drug-likeness (QED) is 0.721. The first kappa shape index (κ1) is 17.3. The number of ether oxygens (including phenoxy) is 1. The molecule has 26 heavy (non-hydrogen) atoms. The van der Waals surface area contributed by atoms with Crippen molar-refractivity contribution in [3.63, 3.8) is 0 Å². The van der Waals surface area contributed by atoms with Crippen LogP contribution in [0.4, 0.5) is 10.5 Å². The summed E-state index contributed by atoms with van der Waals surface area (Å²) in [6.45, 7) is 2.04. The summed E-state index contributed by atoms with van der Waals surface area (Å²) >= 11 is 0. The summed E-state index contributed by atoms with van der Waals surface area (Å²) in [6.07, 6.45) is 1.14. The molecule has 132 valence electrons. The maximum absolute atomic E-state index is 11.9. The molecule has 0 aliphatic carbocycles. The first-order chi connectivity index (χ1) is 12.5. The standard InChI is InChI=1S/C20H18N2O4/c1-14-12-16(21-20(25)26-13-15-6-3-2-4-7-15)9-10-17(14)22-11-5-8-18(22)19(23)24/h2-12H,13H2,1H3,(H,21,25)(H,23,24). The second-order valence-corrected chi connectivity index (χ2v) is 5.76. The van der Waals surface area contributed by atoms with E-state index < -0.39 is 12.1 Å². The lowest BCUT2D eigenvalue weighted by Crippen LogP contribution is -2.14. The van der Waals surface area contributed by atoms with E-state index in [9.17, 15) is 14.7 Å². The number of aryl methyl sites for hydroxylation is 1. The van der Waals surface area contributed by atoms with Gasteiger partial charge in [0, 0.05) is 17.6 Å². The summed E-state index contributed by atoms with van der Waals surface area (Å²) in [4.78, 5) is 23.2. The number of hydrogen-bond donors (Lipinski definition) is 2. The zero-order valence-corrected chi connectivity index (χ0v) is 14.2. The van der Waals surface area contributed by atoms with Gasteiger partial charge in [-0.05, 0) is 48.4 Å². The minimum absolute atomic E-state index is 0.177. The molecule has 1 heterocycles. The maximum atomic E-state index is 11.9. The number of nitrogens with zero attached hydrogens (tertiary/aromatic N) is 1. The molecule has 0 unspecified atom stereocenters. The third-order valence-electron chi connectivity index (χ3n) is 3.88. The van der Waals surface area contributed by atoms with E-state index in [2.05, 4.69) is 5.32 Å². The molecule has 0 aliphatic heterocycles. The monoisotopic (exact) mass is 350 g/mol. The van der Waals surface area contributed by atoms with Gasteiger partial charge in [-0.25, -0.2) is 9.59 Å². The predicted molar refractivity (Wildman–Crippen MR) is 97.7 cm³/mol. The molecule has 2 N–H and O–H groups in total. The molecule has 0 spiro atoms. The predicted octanol–water partition coefficient (Wildman–Crippen LogP) is 4.23. The van der Waals surface area contributed by atoms with Gasteiger partial charge in [-0.1, -0.05) is 30.3 Å². The molecule has 0 saturated heterocycles. The van der Waals surface area contributed by atoms with Gasteiger partial charge in [0.25, 0.3) is 0 Å². The highest BCUT2D eigenvalue weighted by Gasteiger charge is 2.12. The summed E-state index contributed by atoms with van der Waals surface area (Å²) < 4.78 is 6.78. The van der Waals surface area contributed by atoms with Crippen molar-refractivity contribution in [3.8, 4) is 5.69 Å². The fraction of sp³-hybridized carbons (Fsp3) is 0.100. The van der Waals surface area contributed by atoms with Crippen molar-refractivity contribution in [2.45, 2.75) is 13.5 Å². The maximum Gasteiger partial charge on any atom is 0.411 e. The van der Waals surface area contributed by atoms with Gasteiger partial charge >= 0.3 is 12.1 Å². The van der Waals surface area contributed by atoms with E-state index in [-0.39, 0.29) is 12.3 Å². The topological polar surface area (TPSA) is 80.6 Å². The van der Waals surface area contributed by atoms with Gasteiger partial charge in [0.2, 0.25) is 0 Å². The van der Waals surface area contributed by atoms with E-state index in [0.717, 1.165) is 16.8 Å². The van der Waals surface area contributed by atoms with E-state index in [1.807, 2.05) is 37.3 Å². The van der Waals surface area contributed by atoms with Gasteiger partial charge < -0.3 is 14.4 Å². The van der Waals surface area contributed by atoms with Crippen LogP contribution in [0, 0.1) is 6.92 Å². The van der Waals surface area contributed by atoms with Gasteiger partial charge in [0.1, 0.15) is 12.3 Å². The van der Waals surface area contributed by atoms with E-state index in [0.29, 0.717) is 5.69 Å². The number of hydrogen-bond acceptors (Lipinski definition) is 3. The number of carbonyl (C=O) groups is 2. The lowest BCUT2D eigenvalue weighted by Gasteiger charge is -2.12. The van der Waals surface area contributed by atoms with Gasteiger partial charge in [-0.15, -0.1) is 0 Å². The van der Waals surface area contributed by atoms with E-state index in [1.54, 1.807) is 35.0 Å². The minimum Gasteiger partial charge on any atom is -0.477 e. The molecule has 0 atom stereocenters. The molecule has 0 radical (unpaired) electrons. The number of nitrogens with one attached hydrogen (secondary N) is 1. The molecule has 1 aromatic heterocycles. The van der Waals surface area contributed by atoms with Crippen molar-refractivity contribution in [2.24, 2.45) is 0 Å². The van der Waals surface area contributed by atoms with Gasteiger partial charge in [-0.3, -0.25) is 5.32 Å². The Hall–Kier alpha value is -3.54. The Labute approximate surface area is 150 Å². The number of carbonyl (C=O) groups excluding carboxylic acids is 1. The van der Waals surface area contributed by atoms with Crippen LogP contribution in [0.15, 0.2) is 66.9 Å². The number of benzene rings is 2. The molecule has 2 aromatic carbocycles. The molecule has 0 bridgehead atoms. The normalized spacial score (nSPS) is 10.3. The van der Waals surface area contributed by atoms with Crippen LogP contribution in [0.3, 0.4) is 0 Å². The number of rotatable bonds is 5. The molecule has 1 amide bonds. The van der Waals surface area contributed by atoms with Crippen molar-refractivity contribution in [3.05, 3.63) is 83.7 Å². The Morgan fingerprint density at radius 2 is 1.85 bits per heavy atom. The van der Waals surface area contributed by atoms with Gasteiger partial charge in [0.15, 0.2) is 0 Å². The fourth-order valence-corrected chi connectivity index (χ4v) is 2.65. The number of amides is 1. The van der Waals surface area contributed by atoms with Crippen LogP contribution < -0.4 is 5.32 Å². The third kappa shape index (κ3) is 3.92. The van der Waals surface area contributed by atoms with Gasteiger partial charge in [0.05, 0.1) is 0 Å². The zero-order valence-electron chi connectivity index (χ0n) is 14.2. The van der Waals surface area contributed by atoms with Crippen molar-refractivity contribution < 1.29 is 19.4 Å². The Bertz CT molecular complexity index is 932. The molecular formula is C20H18N2O4. The fourth-order valence-electron chi connectivity index (χ4n) is 2.65. The Morgan fingerprint density at radius 1 is 1.08 bits per heavy atom. The smallest absolute Gasteiger partial charge is 0.411 e. The van der Waals surface area contributed by atoms with Crippen molar-refractivity contribution in [1.82, 2.24) is 4.57 Å². The first-order valence-electron chi connectivity index (χ1n) is 8.04. The number of aromatic carboxylic acids is 1. The summed E-state index contributed by atoms with van der Waals surface area (Å²) in [5.41, 5.74) is 3.22. The van der Waals surface area contributed by atoms with Crippen LogP contribution in [0.2, 0.25) is 0 Å². The molecule has 3 aromatic rings. The zero-order chi connectivity index (χ0) is 18.5. The molecule has 3 rings (SSSR count). The number of anilines is 1. The molecule has 0 saturated carbocycles. The van der Waals surface area contributed by atoms with E-state index in [4.69, 9.17) is 4.74 Å². The largest absolute Gasteiger partial charge is 0.477 e. The highest BCUT2D eigenvalue weighted by Crippen LogP contribution is 2.21. The lowest BCUT2D eigenvalue weighted by molar-refractivity contribution is 0.0688. The minimum atomic E-state index is -0.999. The molecule has 0 aliphatic rings. The van der Waals surface area contributed by atoms with Crippen LogP contribution in [0.25, 0.3) is 5.69 Å². The van der Waals surface area contributed by atoms with Crippen LogP contribution in [0.1, 0.15) is 21.6 Å². The van der Waals surface area contributed by atoms with Crippen LogP contribution in [0.5, 0.6) is 0 Å². The summed E-state index contributed by atoms with van der Waals surface area (Å²) in [5.74, 6) is -0.999. The average Bonchev–Trinajstić information content (AvgIpc) is 3.11. The van der Waals surface area contributed by atoms with Crippen LogP contribution >= 0.6 is 0 Å². The highest BCUT2D eigenvalue weighted by atomic mass is 16.5. The van der Waals surface area contributed by atoms with E-state index >= 15 is 0 Å². The second-order valence-electron chi connectivity index (χ2n) is 5.76.